The van der Waals surface area contributed by atoms with Crippen LogP contribution in [-0.4, -0.2) is 0 Å². The van der Waals surface area contributed by atoms with Crippen LogP contribution in [0.5, 0.6) is 0 Å². The fourth-order valence-corrected chi connectivity index (χ4v) is 2.28. The average molecular weight is 204 g/mol. The predicted octanol–water partition coefficient (Wildman–Crippen LogP) is 4.15. The lowest BCUT2D eigenvalue weighted by atomic mass is 9.77. The maximum atomic E-state index is 3.90. The summed E-state index contributed by atoms with van der Waals surface area (Å²) in [5.74, 6) is 0. The second kappa shape index (κ2) is 3.49. The molecule has 0 amide bonds. The highest BCUT2D eigenvalue weighted by Crippen LogP contribution is 2.44. The van der Waals surface area contributed by atoms with E-state index in [1.165, 1.54) is 27.8 Å². The van der Waals surface area contributed by atoms with Gasteiger partial charge in [-0.15, -0.1) is 0 Å². The van der Waals surface area contributed by atoms with Gasteiger partial charge < -0.3 is 0 Å². The average Bonchev–Trinajstić information content (AvgIpc) is 2.33. The zero-order chi connectivity index (χ0) is 11.0. The number of hydrogen-bond donors (Lipinski definition) is 0. The molecule has 76 valence electrons. The van der Waals surface area contributed by atoms with Crippen molar-refractivity contribution < 1.29 is 0 Å². The highest BCUT2D eigenvalue weighted by molar-refractivity contribution is 6.12. The third kappa shape index (κ3) is 1.17. The third-order valence-corrected chi connectivity index (χ3v) is 3.02. The minimum absolute atomic E-state index is 1.27. The Morgan fingerprint density at radius 2 is 1.38 bits per heavy atom. The first-order chi connectivity index (χ1) is 7.92. The first-order valence-corrected chi connectivity index (χ1v) is 5.43. The summed E-state index contributed by atoms with van der Waals surface area (Å²) in [5.41, 5.74) is 6.52. The summed E-state index contributed by atoms with van der Waals surface area (Å²) >= 11 is 0. The number of rotatable bonds is 2. The van der Waals surface area contributed by atoms with Crippen molar-refractivity contribution in [1.29, 1.82) is 0 Å². The lowest BCUT2D eigenvalue weighted by Gasteiger charge is -2.26. The van der Waals surface area contributed by atoms with Gasteiger partial charge in [0.05, 0.1) is 0 Å². The second-order valence-corrected chi connectivity index (χ2v) is 3.90. The van der Waals surface area contributed by atoms with Crippen molar-refractivity contribution in [2.75, 3.05) is 0 Å². The third-order valence-electron chi connectivity index (χ3n) is 3.02. The van der Waals surface area contributed by atoms with Crippen molar-refractivity contribution in [3.8, 4) is 0 Å². The number of allylic oxidation sites excluding steroid dienone is 2. The molecule has 0 heterocycles. The molecule has 0 unspecified atom stereocenters. The van der Waals surface area contributed by atoms with E-state index in [1.807, 2.05) is 12.1 Å². The lowest BCUT2D eigenvalue weighted by Crippen LogP contribution is -2.05. The number of fused-ring (bicyclic) bond motifs is 1. The van der Waals surface area contributed by atoms with E-state index in [0.717, 1.165) is 0 Å². The number of benzene rings is 2. The van der Waals surface area contributed by atoms with Crippen LogP contribution in [0.25, 0.3) is 11.1 Å². The van der Waals surface area contributed by atoms with Crippen LogP contribution >= 0.6 is 0 Å². The first-order valence-electron chi connectivity index (χ1n) is 5.43. The molecule has 1 aliphatic carbocycles. The molecule has 0 atom stereocenters. The van der Waals surface area contributed by atoms with Crippen LogP contribution < -0.4 is 0 Å². The molecular formula is C16H12. The second-order valence-electron chi connectivity index (χ2n) is 3.90. The van der Waals surface area contributed by atoms with E-state index >= 15 is 0 Å². The maximum absolute atomic E-state index is 3.90. The smallest absolute Gasteiger partial charge is 0.00266 e. The van der Waals surface area contributed by atoms with Gasteiger partial charge in [-0.2, -0.15) is 0 Å². The van der Waals surface area contributed by atoms with Crippen molar-refractivity contribution >= 4 is 11.1 Å². The summed E-state index contributed by atoms with van der Waals surface area (Å²) in [7, 11) is 0. The lowest BCUT2D eigenvalue weighted by molar-refractivity contribution is 1.45. The molecule has 0 aromatic heterocycles. The van der Waals surface area contributed by atoms with Gasteiger partial charge in [0.15, 0.2) is 0 Å². The Bertz CT molecular complexity index is 574. The minimum atomic E-state index is 1.27. The summed E-state index contributed by atoms with van der Waals surface area (Å²) in [5, 5.41) is 0. The van der Waals surface area contributed by atoms with Crippen molar-refractivity contribution in [3.05, 3.63) is 83.9 Å². The van der Waals surface area contributed by atoms with Gasteiger partial charge >= 0.3 is 0 Å². The normalized spacial score (nSPS) is 13.0. The van der Waals surface area contributed by atoms with Crippen molar-refractivity contribution in [2.24, 2.45) is 0 Å². The topological polar surface area (TPSA) is 0 Å². The maximum Gasteiger partial charge on any atom is -0.00266 e. The van der Waals surface area contributed by atoms with Gasteiger partial charge in [-0.05, 0) is 27.8 Å². The molecule has 1 aliphatic rings. The molecule has 0 radical (unpaired) electrons. The van der Waals surface area contributed by atoms with Gasteiger partial charge in [0.1, 0.15) is 0 Å². The zero-order valence-corrected chi connectivity index (χ0v) is 8.98. The minimum Gasteiger partial charge on any atom is -0.0984 e. The SMILES string of the molecule is C=CC1=C(c2ccccc2)c2ccccc21. The Morgan fingerprint density at radius 1 is 0.750 bits per heavy atom. The predicted molar refractivity (Wildman–Crippen MR) is 69.0 cm³/mol. The highest BCUT2D eigenvalue weighted by Gasteiger charge is 2.23. The van der Waals surface area contributed by atoms with Gasteiger partial charge in [0, 0.05) is 0 Å². The molecule has 3 rings (SSSR count). The van der Waals surface area contributed by atoms with E-state index in [2.05, 4.69) is 55.1 Å². The largest absolute Gasteiger partial charge is 0.0984 e. The Kier molecular flexibility index (Phi) is 2.00. The van der Waals surface area contributed by atoms with Crippen LogP contribution in [0.4, 0.5) is 0 Å². The molecule has 2 aromatic rings. The molecule has 0 heteroatoms. The van der Waals surface area contributed by atoms with Crippen LogP contribution in [0.2, 0.25) is 0 Å². The Labute approximate surface area is 95.6 Å². The van der Waals surface area contributed by atoms with Crippen LogP contribution in [0.1, 0.15) is 16.7 Å². The van der Waals surface area contributed by atoms with E-state index in [-0.39, 0.29) is 0 Å². The quantitative estimate of drug-likeness (QED) is 0.689. The van der Waals surface area contributed by atoms with Crippen LogP contribution in [0, 0.1) is 0 Å². The summed E-state index contributed by atoms with van der Waals surface area (Å²) in [4.78, 5) is 0. The van der Waals surface area contributed by atoms with E-state index in [9.17, 15) is 0 Å². The van der Waals surface area contributed by atoms with Crippen molar-refractivity contribution in [3.63, 3.8) is 0 Å². The monoisotopic (exact) mass is 204 g/mol. The van der Waals surface area contributed by atoms with Crippen molar-refractivity contribution in [2.45, 2.75) is 0 Å². The number of hydrogen-bond acceptors (Lipinski definition) is 0. The molecule has 2 aromatic carbocycles. The molecule has 0 saturated heterocycles. The van der Waals surface area contributed by atoms with Gasteiger partial charge in [-0.3, -0.25) is 0 Å². The summed E-state index contributed by atoms with van der Waals surface area (Å²) in [6.45, 7) is 3.90. The van der Waals surface area contributed by atoms with Gasteiger partial charge in [0.25, 0.3) is 0 Å². The molecular weight excluding hydrogens is 192 g/mol. The Hall–Kier alpha value is -2.08. The summed E-state index contributed by atoms with van der Waals surface area (Å²) in [6, 6.07) is 19.0. The zero-order valence-electron chi connectivity index (χ0n) is 8.98. The van der Waals surface area contributed by atoms with E-state index in [0.29, 0.717) is 0 Å². The van der Waals surface area contributed by atoms with Gasteiger partial charge in [-0.1, -0.05) is 67.3 Å². The molecule has 0 spiro atoms. The van der Waals surface area contributed by atoms with Crippen molar-refractivity contribution in [1.82, 2.24) is 0 Å². The molecule has 0 aliphatic heterocycles. The molecule has 0 nitrogen and oxygen atoms in total. The Morgan fingerprint density at radius 3 is 2.06 bits per heavy atom. The van der Waals surface area contributed by atoms with E-state index in [4.69, 9.17) is 0 Å². The molecule has 0 N–H and O–H groups in total. The molecule has 0 fully saturated rings. The summed E-state index contributed by atoms with van der Waals surface area (Å²) < 4.78 is 0. The molecule has 16 heavy (non-hydrogen) atoms. The highest BCUT2D eigenvalue weighted by atomic mass is 14.3. The van der Waals surface area contributed by atoms with E-state index in [1.54, 1.807) is 0 Å². The van der Waals surface area contributed by atoms with Crippen LogP contribution in [0.3, 0.4) is 0 Å². The van der Waals surface area contributed by atoms with Crippen LogP contribution in [-0.2, 0) is 0 Å². The van der Waals surface area contributed by atoms with Gasteiger partial charge in [-0.25, -0.2) is 0 Å². The standard InChI is InChI=1S/C16H12/c1-2-13-14-10-6-7-11-15(14)16(13)12-8-4-3-5-9-12/h2-11H,1H2. The molecule has 0 saturated carbocycles. The Balaban J connectivity index is 2.19. The summed E-state index contributed by atoms with van der Waals surface area (Å²) in [6.07, 6.45) is 1.95. The fraction of sp³-hybridized carbons (Fsp3) is 0. The fourth-order valence-electron chi connectivity index (χ4n) is 2.28. The van der Waals surface area contributed by atoms with E-state index < -0.39 is 0 Å². The first kappa shape index (κ1) is 9.17. The molecule has 0 bridgehead atoms. The van der Waals surface area contributed by atoms with Crippen LogP contribution in [0.15, 0.2) is 67.3 Å². The van der Waals surface area contributed by atoms with Gasteiger partial charge in [0.2, 0.25) is 0 Å².